The predicted octanol–water partition coefficient (Wildman–Crippen LogP) is 2.73. The van der Waals surface area contributed by atoms with Crippen LogP contribution in [0, 0.1) is 11.3 Å². The highest BCUT2D eigenvalue weighted by atomic mass is 32.2. The molecule has 2 aromatic rings. The Morgan fingerprint density at radius 2 is 1.81 bits per heavy atom. The van der Waals surface area contributed by atoms with Crippen molar-refractivity contribution in [2.45, 2.75) is 24.3 Å². The number of sulfonamides is 1. The standard InChI is InChI=1S/C17H11F3N2O4S/c18-17(19,20)14-5-10(7-21)1-4-15(14)27(24,25)22-16(23)11-2-3-12-8-26-9-13(12)6-11/h1-6H,8-9H2,(H,22,23). The molecule has 0 saturated heterocycles. The topological polar surface area (TPSA) is 96.3 Å². The zero-order chi connectivity index (χ0) is 19.8. The van der Waals surface area contributed by atoms with Crippen molar-refractivity contribution in [3.05, 3.63) is 64.2 Å². The summed E-state index contributed by atoms with van der Waals surface area (Å²) in [6.07, 6.45) is -5.02. The number of carbonyl (C=O) groups is 1. The van der Waals surface area contributed by atoms with Crippen LogP contribution in [0.4, 0.5) is 13.2 Å². The number of amides is 1. The van der Waals surface area contributed by atoms with Gasteiger partial charge in [0.25, 0.3) is 15.9 Å². The molecule has 0 saturated carbocycles. The molecule has 0 spiro atoms. The van der Waals surface area contributed by atoms with Gasteiger partial charge in [0.05, 0.1) is 35.3 Å². The molecule has 0 fully saturated rings. The van der Waals surface area contributed by atoms with Gasteiger partial charge in [-0.15, -0.1) is 0 Å². The smallest absolute Gasteiger partial charge is 0.372 e. The zero-order valence-electron chi connectivity index (χ0n) is 13.5. The maximum absolute atomic E-state index is 13.2. The molecule has 27 heavy (non-hydrogen) atoms. The summed E-state index contributed by atoms with van der Waals surface area (Å²) in [5, 5.41) is 8.75. The Morgan fingerprint density at radius 1 is 1.11 bits per heavy atom. The second-order valence-electron chi connectivity index (χ2n) is 5.73. The van der Waals surface area contributed by atoms with Crippen molar-refractivity contribution in [3.8, 4) is 6.07 Å². The highest BCUT2D eigenvalue weighted by Crippen LogP contribution is 2.34. The highest BCUT2D eigenvalue weighted by molar-refractivity contribution is 7.90. The molecule has 1 heterocycles. The Hall–Kier alpha value is -2.90. The van der Waals surface area contributed by atoms with Crippen LogP contribution in [0.5, 0.6) is 0 Å². The van der Waals surface area contributed by atoms with Crippen LogP contribution in [0.15, 0.2) is 41.3 Å². The summed E-state index contributed by atoms with van der Waals surface area (Å²) in [6.45, 7) is 0.632. The van der Waals surface area contributed by atoms with Crippen LogP contribution in [0.2, 0.25) is 0 Å². The van der Waals surface area contributed by atoms with Gasteiger partial charge in [-0.1, -0.05) is 6.07 Å². The molecule has 1 amide bonds. The fourth-order valence-electron chi connectivity index (χ4n) is 2.60. The molecular weight excluding hydrogens is 385 g/mol. The number of hydrogen-bond donors (Lipinski definition) is 1. The first-order valence-corrected chi connectivity index (χ1v) is 8.98. The van der Waals surface area contributed by atoms with Crippen molar-refractivity contribution in [1.29, 1.82) is 5.26 Å². The van der Waals surface area contributed by atoms with Gasteiger partial charge in [-0.2, -0.15) is 18.4 Å². The van der Waals surface area contributed by atoms with E-state index in [0.29, 0.717) is 24.3 Å². The van der Waals surface area contributed by atoms with Gasteiger partial charge in [0.2, 0.25) is 0 Å². The molecule has 6 nitrogen and oxygen atoms in total. The molecular formula is C17H11F3N2O4S. The summed E-state index contributed by atoms with van der Waals surface area (Å²) >= 11 is 0. The first-order chi connectivity index (χ1) is 12.6. The predicted molar refractivity (Wildman–Crippen MR) is 85.7 cm³/mol. The van der Waals surface area contributed by atoms with Crippen molar-refractivity contribution >= 4 is 15.9 Å². The maximum Gasteiger partial charge on any atom is 0.417 e. The summed E-state index contributed by atoms with van der Waals surface area (Å²) in [5.74, 6) is -1.07. The van der Waals surface area contributed by atoms with Crippen LogP contribution in [-0.4, -0.2) is 14.3 Å². The quantitative estimate of drug-likeness (QED) is 0.861. The number of ether oxygens (including phenoxy) is 1. The van der Waals surface area contributed by atoms with Crippen molar-refractivity contribution in [2.75, 3.05) is 0 Å². The molecule has 1 aliphatic rings. The molecule has 140 valence electrons. The second kappa shape index (κ2) is 6.68. The van der Waals surface area contributed by atoms with E-state index >= 15 is 0 Å². The van der Waals surface area contributed by atoms with Gasteiger partial charge >= 0.3 is 6.18 Å². The SMILES string of the molecule is N#Cc1ccc(S(=O)(=O)NC(=O)c2ccc3c(c2)COC3)c(C(F)(F)F)c1. The Morgan fingerprint density at radius 3 is 2.48 bits per heavy atom. The van der Waals surface area contributed by atoms with Gasteiger partial charge in [-0.3, -0.25) is 4.79 Å². The number of benzene rings is 2. The lowest BCUT2D eigenvalue weighted by Crippen LogP contribution is -2.32. The molecule has 1 aliphatic heterocycles. The maximum atomic E-state index is 13.2. The van der Waals surface area contributed by atoms with Gasteiger partial charge < -0.3 is 4.74 Å². The Kier molecular flexibility index (Phi) is 4.67. The number of nitrogens with zero attached hydrogens (tertiary/aromatic N) is 1. The first-order valence-electron chi connectivity index (χ1n) is 7.50. The van der Waals surface area contributed by atoms with Gasteiger partial charge in [0, 0.05) is 5.56 Å². The molecule has 0 bridgehead atoms. The number of nitrogens with one attached hydrogen (secondary N) is 1. The van der Waals surface area contributed by atoms with E-state index < -0.39 is 32.6 Å². The van der Waals surface area contributed by atoms with E-state index in [-0.39, 0.29) is 17.7 Å². The number of alkyl halides is 3. The normalized spacial score (nSPS) is 13.7. The average Bonchev–Trinajstić information content (AvgIpc) is 3.07. The summed E-state index contributed by atoms with van der Waals surface area (Å²) in [4.78, 5) is 11.1. The van der Waals surface area contributed by atoms with E-state index in [2.05, 4.69) is 0 Å². The van der Waals surface area contributed by atoms with Gasteiger partial charge in [-0.25, -0.2) is 13.1 Å². The largest absolute Gasteiger partial charge is 0.417 e. The molecule has 0 aromatic heterocycles. The van der Waals surface area contributed by atoms with E-state index in [4.69, 9.17) is 10.00 Å². The van der Waals surface area contributed by atoms with Gasteiger partial charge in [-0.05, 0) is 41.5 Å². The number of fused-ring (bicyclic) bond motifs is 1. The van der Waals surface area contributed by atoms with Crippen LogP contribution in [0.3, 0.4) is 0 Å². The number of carbonyl (C=O) groups excluding carboxylic acids is 1. The third kappa shape index (κ3) is 3.79. The van der Waals surface area contributed by atoms with Crippen LogP contribution in [-0.2, 0) is 34.2 Å². The van der Waals surface area contributed by atoms with Crippen molar-refractivity contribution in [2.24, 2.45) is 0 Å². The lowest BCUT2D eigenvalue weighted by atomic mass is 10.1. The zero-order valence-corrected chi connectivity index (χ0v) is 14.3. The van der Waals surface area contributed by atoms with E-state index in [9.17, 15) is 26.4 Å². The lowest BCUT2D eigenvalue weighted by Gasteiger charge is -2.14. The van der Waals surface area contributed by atoms with E-state index in [1.807, 2.05) is 0 Å². The molecule has 0 radical (unpaired) electrons. The van der Waals surface area contributed by atoms with Crippen LogP contribution in [0.25, 0.3) is 0 Å². The molecule has 1 N–H and O–H groups in total. The molecule has 0 unspecified atom stereocenters. The van der Waals surface area contributed by atoms with Crippen molar-refractivity contribution in [1.82, 2.24) is 4.72 Å². The van der Waals surface area contributed by atoms with Crippen LogP contribution < -0.4 is 4.72 Å². The van der Waals surface area contributed by atoms with Crippen molar-refractivity contribution in [3.63, 3.8) is 0 Å². The summed E-state index contributed by atoms with van der Waals surface area (Å²) in [6, 6.07) is 7.90. The highest BCUT2D eigenvalue weighted by Gasteiger charge is 2.38. The van der Waals surface area contributed by atoms with Gasteiger partial charge in [0.1, 0.15) is 0 Å². The monoisotopic (exact) mass is 396 g/mol. The minimum Gasteiger partial charge on any atom is -0.372 e. The second-order valence-corrected chi connectivity index (χ2v) is 7.38. The summed E-state index contributed by atoms with van der Waals surface area (Å²) < 4.78 is 71.2. The number of nitriles is 1. The molecule has 0 atom stereocenters. The summed E-state index contributed by atoms with van der Waals surface area (Å²) in [5.41, 5.74) is -0.351. The Bertz CT molecular complexity index is 1070. The third-order valence-corrected chi connectivity index (χ3v) is 5.30. The Balaban J connectivity index is 1.95. The minimum absolute atomic E-state index is 0.0231. The summed E-state index contributed by atoms with van der Waals surface area (Å²) in [7, 11) is -4.82. The molecule has 10 heteroatoms. The number of halogens is 3. The van der Waals surface area contributed by atoms with E-state index in [0.717, 1.165) is 11.6 Å². The van der Waals surface area contributed by atoms with Crippen molar-refractivity contribution < 1.29 is 31.1 Å². The van der Waals surface area contributed by atoms with Crippen LogP contribution >= 0.6 is 0 Å². The molecule has 3 rings (SSSR count). The van der Waals surface area contributed by atoms with Crippen LogP contribution in [0.1, 0.15) is 32.6 Å². The van der Waals surface area contributed by atoms with E-state index in [1.165, 1.54) is 18.2 Å². The van der Waals surface area contributed by atoms with E-state index in [1.54, 1.807) is 10.8 Å². The fourth-order valence-corrected chi connectivity index (χ4v) is 3.79. The first kappa shape index (κ1) is 18.9. The molecule has 0 aliphatic carbocycles. The number of hydrogen-bond acceptors (Lipinski definition) is 5. The van der Waals surface area contributed by atoms with Gasteiger partial charge in [0.15, 0.2) is 0 Å². The third-order valence-electron chi connectivity index (χ3n) is 3.91. The fraction of sp³-hybridized carbons (Fsp3) is 0.176. The Labute approximate surface area is 152 Å². The lowest BCUT2D eigenvalue weighted by molar-refractivity contribution is -0.139. The average molecular weight is 396 g/mol. The molecule has 2 aromatic carbocycles. The number of rotatable bonds is 3. The minimum atomic E-state index is -5.02.